The number of benzene rings is 1. The van der Waals surface area contributed by atoms with Gasteiger partial charge in [-0.15, -0.1) is 0 Å². The highest BCUT2D eigenvalue weighted by Gasteiger charge is 2.18. The number of methoxy groups -OCH3 is 1. The lowest BCUT2D eigenvalue weighted by atomic mass is 10.0. The van der Waals surface area contributed by atoms with E-state index in [2.05, 4.69) is 0 Å². The molecule has 0 aliphatic carbocycles. The Morgan fingerprint density at radius 2 is 2.00 bits per heavy atom. The van der Waals surface area contributed by atoms with Gasteiger partial charge in [0.15, 0.2) is 0 Å². The molecule has 0 heterocycles. The first-order valence-electron chi connectivity index (χ1n) is 4.40. The van der Waals surface area contributed by atoms with Crippen molar-refractivity contribution in [3.63, 3.8) is 0 Å². The summed E-state index contributed by atoms with van der Waals surface area (Å²) in [5.41, 5.74) is 0.404. The molecular formula is C10H13ClO4. The molecule has 1 rings (SSSR count). The molecular weight excluding hydrogens is 220 g/mol. The van der Waals surface area contributed by atoms with Crippen LogP contribution in [0.4, 0.5) is 0 Å². The lowest BCUT2D eigenvalue weighted by Crippen LogP contribution is -2.22. The molecule has 2 unspecified atom stereocenters. The van der Waals surface area contributed by atoms with E-state index in [1.54, 1.807) is 12.1 Å². The van der Waals surface area contributed by atoms with Crippen LogP contribution < -0.4 is 4.74 Å². The molecule has 1 aromatic rings. The molecule has 0 saturated carbocycles. The SMILES string of the molecule is COc1cc(Cl)cc(C(O)C(O)CO)c1. The van der Waals surface area contributed by atoms with E-state index in [4.69, 9.17) is 21.4 Å². The van der Waals surface area contributed by atoms with Crippen molar-refractivity contribution in [1.29, 1.82) is 0 Å². The molecule has 0 bridgehead atoms. The van der Waals surface area contributed by atoms with E-state index in [9.17, 15) is 10.2 Å². The molecule has 0 saturated heterocycles. The molecule has 1 aromatic carbocycles. The number of hydrogen-bond donors (Lipinski definition) is 3. The van der Waals surface area contributed by atoms with Crippen LogP contribution in [-0.2, 0) is 0 Å². The van der Waals surface area contributed by atoms with E-state index < -0.39 is 18.8 Å². The van der Waals surface area contributed by atoms with E-state index in [0.717, 1.165) is 0 Å². The van der Waals surface area contributed by atoms with Crippen LogP contribution in [-0.4, -0.2) is 35.1 Å². The molecule has 4 nitrogen and oxygen atoms in total. The summed E-state index contributed by atoms with van der Waals surface area (Å²) in [5.74, 6) is 0.488. The van der Waals surface area contributed by atoms with Gasteiger partial charge >= 0.3 is 0 Å². The highest BCUT2D eigenvalue weighted by molar-refractivity contribution is 6.30. The van der Waals surface area contributed by atoms with Crippen molar-refractivity contribution in [2.45, 2.75) is 12.2 Å². The number of aliphatic hydroxyl groups is 3. The molecule has 0 aliphatic rings. The molecule has 2 atom stereocenters. The number of halogens is 1. The summed E-state index contributed by atoms with van der Waals surface area (Å²) in [6, 6.07) is 4.64. The monoisotopic (exact) mass is 232 g/mol. The lowest BCUT2D eigenvalue weighted by molar-refractivity contribution is -0.0153. The molecule has 0 aromatic heterocycles. The first-order chi connectivity index (χ1) is 7.08. The fourth-order valence-corrected chi connectivity index (χ4v) is 1.43. The van der Waals surface area contributed by atoms with Crippen molar-refractivity contribution in [3.8, 4) is 5.75 Å². The van der Waals surface area contributed by atoms with Gasteiger partial charge in [0.2, 0.25) is 0 Å². The molecule has 3 N–H and O–H groups in total. The summed E-state index contributed by atoms with van der Waals surface area (Å²) in [5, 5.41) is 27.9. The van der Waals surface area contributed by atoms with E-state index >= 15 is 0 Å². The van der Waals surface area contributed by atoms with Crippen molar-refractivity contribution in [3.05, 3.63) is 28.8 Å². The molecule has 0 fully saturated rings. The van der Waals surface area contributed by atoms with E-state index in [0.29, 0.717) is 16.3 Å². The van der Waals surface area contributed by atoms with Crippen molar-refractivity contribution in [1.82, 2.24) is 0 Å². The van der Waals surface area contributed by atoms with Gasteiger partial charge in [0.05, 0.1) is 13.7 Å². The van der Waals surface area contributed by atoms with Gasteiger partial charge in [-0.3, -0.25) is 0 Å². The fraction of sp³-hybridized carbons (Fsp3) is 0.400. The van der Waals surface area contributed by atoms with Crippen LogP contribution in [0.15, 0.2) is 18.2 Å². The fourth-order valence-electron chi connectivity index (χ4n) is 1.19. The third-order valence-electron chi connectivity index (χ3n) is 2.02. The zero-order valence-corrected chi connectivity index (χ0v) is 8.98. The summed E-state index contributed by atoms with van der Waals surface area (Å²) in [6.07, 6.45) is -2.41. The smallest absolute Gasteiger partial charge is 0.120 e. The third-order valence-corrected chi connectivity index (χ3v) is 2.24. The zero-order valence-electron chi connectivity index (χ0n) is 8.22. The van der Waals surface area contributed by atoms with Crippen LogP contribution in [0.25, 0.3) is 0 Å². The van der Waals surface area contributed by atoms with Gasteiger partial charge in [-0.1, -0.05) is 11.6 Å². The van der Waals surface area contributed by atoms with Gasteiger partial charge in [-0.2, -0.15) is 0 Å². The Morgan fingerprint density at radius 1 is 1.33 bits per heavy atom. The number of ether oxygens (including phenoxy) is 1. The average Bonchev–Trinajstić information content (AvgIpc) is 2.26. The van der Waals surface area contributed by atoms with E-state index in [1.165, 1.54) is 13.2 Å². The maximum atomic E-state index is 9.61. The molecule has 15 heavy (non-hydrogen) atoms. The Hall–Kier alpha value is -0.810. The standard InChI is InChI=1S/C10H13ClO4/c1-15-8-3-6(2-7(11)4-8)10(14)9(13)5-12/h2-4,9-10,12-14H,5H2,1H3. The highest BCUT2D eigenvalue weighted by atomic mass is 35.5. The van der Waals surface area contributed by atoms with Crippen molar-refractivity contribution in [2.24, 2.45) is 0 Å². The summed E-state index contributed by atoms with van der Waals surface area (Å²) >= 11 is 5.79. The third kappa shape index (κ3) is 3.07. The molecule has 5 heteroatoms. The molecule has 84 valence electrons. The van der Waals surface area contributed by atoms with Crippen molar-refractivity contribution < 1.29 is 20.1 Å². The summed E-state index contributed by atoms with van der Waals surface area (Å²) in [7, 11) is 1.48. The second-order valence-electron chi connectivity index (χ2n) is 3.12. The predicted octanol–water partition coefficient (Wildman–Crippen LogP) is 0.735. The number of hydrogen-bond acceptors (Lipinski definition) is 4. The van der Waals surface area contributed by atoms with E-state index in [1.807, 2.05) is 0 Å². The Kier molecular flexibility index (Phi) is 4.35. The lowest BCUT2D eigenvalue weighted by Gasteiger charge is -2.16. The summed E-state index contributed by atoms with van der Waals surface area (Å²) in [6.45, 7) is -0.518. The summed E-state index contributed by atoms with van der Waals surface area (Å²) in [4.78, 5) is 0. The van der Waals surface area contributed by atoms with Crippen LogP contribution in [0.5, 0.6) is 5.75 Å². The van der Waals surface area contributed by atoms with Gasteiger partial charge in [0.1, 0.15) is 18.0 Å². The minimum Gasteiger partial charge on any atom is -0.497 e. The summed E-state index contributed by atoms with van der Waals surface area (Å²) < 4.78 is 4.96. The van der Waals surface area contributed by atoms with E-state index in [-0.39, 0.29) is 0 Å². The number of rotatable bonds is 4. The predicted molar refractivity (Wildman–Crippen MR) is 56.1 cm³/mol. The van der Waals surface area contributed by atoms with Gasteiger partial charge in [-0.25, -0.2) is 0 Å². The average molecular weight is 233 g/mol. The minimum absolute atomic E-state index is 0.397. The van der Waals surface area contributed by atoms with Gasteiger partial charge < -0.3 is 20.1 Å². The van der Waals surface area contributed by atoms with Crippen LogP contribution >= 0.6 is 11.6 Å². The first kappa shape index (κ1) is 12.3. The molecule has 0 aliphatic heterocycles. The Bertz CT molecular complexity index is 329. The van der Waals surface area contributed by atoms with Gasteiger partial charge in [0, 0.05) is 5.02 Å². The van der Waals surface area contributed by atoms with Crippen LogP contribution in [0, 0.1) is 0 Å². The topological polar surface area (TPSA) is 69.9 Å². The Morgan fingerprint density at radius 3 is 2.53 bits per heavy atom. The van der Waals surface area contributed by atoms with Crippen LogP contribution in [0.2, 0.25) is 5.02 Å². The quantitative estimate of drug-likeness (QED) is 0.716. The molecule has 0 spiro atoms. The molecule has 0 radical (unpaired) electrons. The second-order valence-corrected chi connectivity index (χ2v) is 3.56. The van der Waals surface area contributed by atoms with Gasteiger partial charge in [0.25, 0.3) is 0 Å². The Labute approximate surface area is 92.7 Å². The maximum Gasteiger partial charge on any atom is 0.120 e. The first-order valence-corrected chi connectivity index (χ1v) is 4.77. The van der Waals surface area contributed by atoms with Crippen molar-refractivity contribution in [2.75, 3.05) is 13.7 Å². The molecule has 0 amide bonds. The van der Waals surface area contributed by atoms with Gasteiger partial charge in [-0.05, 0) is 23.8 Å². The second kappa shape index (κ2) is 5.32. The zero-order chi connectivity index (χ0) is 11.4. The minimum atomic E-state index is -1.23. The van der Waals surface area contributed by atoms with Crippen molar-refractivity contribution >= 4 is 11.6 Å². The normalized spacial score (nSPS) is 14.7. The Balaban J connectivity index is 2.97. The highest BCUT2D eigenvalue weighted by Crippen LogP contribution is 2.26. The van der Waals surface area contributed by atoms with Crippen LogP contribution in [0.1, 0.15) is 11.7 Å². The van der Waals surface area contributed by atoms with Crippen LogP contribution in [0.3, 0.4) is 0 Å². The number of aliphatic hydroxyl groups excluding tert-OH is 3. The largest absolute Gasteiger partial charge is 0.497 e. The maximum absolute atomic E-state index is 9.61.